The van der Waals surface area contributed by atoms with Gasteiger partial charge in [0.05, 0.1) is 5.25 Å². The van der Waals surface area contributed by atoms with Crippen LogP contribution in [-0.4, -0.2) is 51.9 Å². The maximum absolute atomic E-state index is 13.2. The summed E-state index contributed by atoms with van der Waals surface area (Å²) in [5, 5.41) is 12.2. The van der Waals surface area contributed by atoms with E-state index in [4.69, 9.17) is 9.84 Å². The number of amides is 3. The first kappa shape index (κ1) is 27.0. The van der Waals surface area contributed by atoms with Crippen LogP contribution in [0.15, 0.2) is 84.9 Å². The van der Waals surface area contributed by atoms with E-state index in [1.807, 2.05) is 60.7 Å². The van der Waals surface area contributed by atoms with Crippen molar-refractivity contribution in [2.45, 2.75) is 18.2 Å². The molecule has 0 radical (unpaired) electrons. The van der Waals surface area contributed by atoms with Crippen LogP contribution < -0.4 is 10.1 Å². The van der Waals surface area contributed by atoms with Crippen LogP contribution in [0.25, 0.3) is 21.9 Å². The Morgan fingerprint density at radius 3 is 2.40 bits per heavy atom. The average Bonchev–Trinajstić information content (AvgIpc) is 3.27. The molecule has 1 aliphatic heterocycles. The molecule has 4 aromatic carbocycles. The highest BCUT2D eigenvalue weighted by Crippen LogP contribution is 2.27. The van der Waals surface area contributed by atoms with Crippen molar-refractivity contribution in [2.75, 3.05) is 13.7 Å². The number of thioether (sulfide) groups is 1. The van der Waals surface area contributed by atoms with Gasteiger partial charge in [0, 0.05) is 19.2 Å². The van der Waals surface area contributed by atoms with E-state index in [1.165, 1.54) is 0 Å². The van der Waals surface area contributed by atoms with Crippen LogP contribution in [0.3, 0.4) is 0 Å². The molecule has 1 fully saturated rings. The van der Waals surface area contributed by atoms with Crippen LogP contribution in [0.5, 0.6) is 5.75 Å². The molecule has 1 saturated heterocycles. The van der Waals surface area contributed by atoms with Crippen LogP contribution in [-0.2, 0) is 22.6 Å². The highest BCUT2D eigenvalue weighted by molar-refractivity contribution is 8.15. The van der Waals surface area contributed by atoms with E-state index in [0.29, 0.717) is 24.3 Å². The Bertz CT molecular complexity index is 1620. The second kappa shape index (κ2) is 11.6. The van der Waals surface area contributed by atoms with Gasteiger partial charge in [0.25, 0.3) is 11.1 Å². The summed E-state index contributed by atoms with van der Waals surface area (Å²) in [6, 6.07) is 26.6. The molecule has 9 heteroatoms. The summed E-state index contributed by atoms with van der Waals surface area (Å²) in [6.07, 6.45) is 0.487. The lowest BCUT2D eigenvalue weighted by Gasteiger charge is -2.18. The third-order valence-electron chi connectivity index (χ3n) is 6.59. The maximum Gasteiger partial charge on any atom is 0.341 e. The summed E-state index contributed by atoms with van der Waals surface area (Å²) in [5.41, 5.74) is 4.49. The zero-order valence-corrected chi connectivity index (χ0v) is 22.4. The smallest absolute Gasteiger partial charge is 0.341 e. The predicted molar refractivity (Wildman–Crippen MR) is 153 cm³/mol. The molecule has 1 heterocycles. The molecule has 0 saturated carbocycles. The quantitative estimate of drug-likeness (QED) is 0.295. The van der Waals surface area contributed by atoms with E-state index in [9.17, 15) is 19.2 Å². The summed E-state index contributed by atoms with van der Waals surface area (Å²) >= 11 is 1.02. The van der Waals surface area contributed by atoms with Crippen LogP contribution in [0.4, 0.5) is 4.79 Å². The number of carbonyl (C=O) groups is 4. The van der Waals surface area contributed by atoms with Gasteiger partial charge in [0.2, 0.25) is 5.91 Å². The molecule has 8 nitrogen and oxygen atoms in total. The van der Waals surface area contributed by atoms with Crippen molar-refractivity contribution >= 4 is 45.6 Å². The first-order chi connectivity index (χ1) is 19.2. The van der Waals surface area contributed by atoms with Gasteiger partial charge in [-0.05, 0) is 69.8 Å². The lowest BCUT2D eigenvalue weighted by Crippen LogP contribution is -2.26. The topological polar surface area (TPSA) is 113 Å². The molecule has 0 spiro atoms. The Balaban J connectivity index is 1.26. The maximum atomic E-state index is 13.2. The first-order valence-corrected chi connectivity index (χ1v) is 13.5. The Kier molecular flexibility index (Phi) is 7.84. The van der Waals surface area contributed by atoms with E-state index in [0.717, 1.165) is 44.8 Å². The fraction of sp³-hybridized carbons (Fsp3) is 0.161. The molecule has 2 N–H and O–H groups in total. The van der Waals surface area contributed by atoms with Crippen LogP contribution in [0, 0.1) is 0 Å². The number of nitrogens with one attached hydrogen (secondary N) is 1. The van der Waals surface area contributed by atoms with Gasteiger partial charge in [-0.15, -0.1) is 0 Å². The van der Waals surface area contributed by atoms with Crippen molar-refractivity contribution in [1.29, 1.82) is 0 Å². The van der Waals surface area contributed by atoms with Gasteiger partial charge in [-0.1, -0.05) is 66.4 Å². The van der Waals surface area contributed by atoms with Crippen molar-refractivity contribution in [1.82, 2.24) is 10.2 Å². The molecule has 1 atom stereocenters. The van der Waals surface area contributed by atoms with Crippen LogP contribution in [0.1, 0.15) is 21.5 Å². The van der Waals surface area contributed by atoms with Crippen molar-refractivity contribution in [3.8, 4) is 16.9 Å². The molecule has 5 rings (SSSR count). The Morgan fingerprint density at radius 2 is 1.68 bits per heavy atom. The van der Waals surface area contributed by atoms with E-state index in [2.05, 4.69) is 5.32 Å². The number of benzene rings is 4. The second-order valence-corrected chi connectivity index (χ2v) is 10.7. The minimum absolute atomic E-state index is 0.138. The molecule has 3 amide bonds. The van der Waals surface area contributed by atoms with Crippen molar-refractivity contribution < 1.29 is 29.0 Å². The number of fused-ring (bicyclic) bond motifs is 1. The number of carbonyl (C=O) groups excluding carboxylic acids is 3. The summed E-state index contributed by atoms with van der Waals surface area (Å²) in [5.74, 6) is -1.01. The van der Waals surface area contributed by atoms with Gasteiger partial charge in [-0.3, -0.25) is 19.7 Å². The largest absolute Gasteiger partial charge is 0.482 e. The molecular weight excluding hydrogens is 528 g/mol. The standard InChI is InChI=1S/C31H26N2O6S/c1-33(30(37)24-10-9-22-11-12-26(16-25(22)15-24)39-18-28(34)35)17-20-3-2-4-23(13-20)21-7-5-19(6-8-21)14-27-29(36)32-31(38)40-27/h2-13,15-16,27H,14,17-18H2,1H3,(H,34,35)(H,32,36,38). The Labute approximate surface area is 234 Å². The third kappa shape index (κ3) is 6.32. The van der Waals surface area contributed by atoms with Crippen LogP contribution >= 0.6 is 11.8 Å². The number of hydrogen-bond acceptors (Lipinski definition) is 6. The normalized spacial score (nSPS) is 14.7. The lowest BCUT2D eigenvalue weighted by atomic mass is 10.00. The number of nitrogens with zero attached hydrogens (tertiary/aromatic N) is 1. The van der Waals surface area contributed by atoms with Gasteiger partial charge in [0.1, 0.15) is 5.75 Å². The highest BCUT2D eigenvalue weighted by atomic mass is 32.2. The minimum Gasteiger partial charge on any atom is -0.482 e. The van der Waals surface area contributed by atoms with Gasteiger partial charge in [-0.2, -0.15) is 0 Å². The summed E-state index contributed by atoms with van der Waals surface area (Å²) < 4.78 is 5.27. The molecule has 0 aromatic heterocycles. The van der Waals surface area contributed by atoms with Gasteiger partial charge < -0.3 is 14.7 Å². The molecule has 0 bridgehead atoms. The molecule has 0 aliphatic carbocycles. The number of carboxylic acid groups (broad SMARTS) is 1. The molecule has 1 aliphatic rings. The number of imide groups is 1. The zero-order valence-electron chi connectivity index (χ0n) is 21.6. The summed E-state index contributed by atoms with van der Waals surface area (Å²) in [7, 11) is 1.75. The lowest BCUT2D eigenvalue weighted by molar-refractivity contribution is -0.139. The highest BCUT2D eigenvalue weighted by Gasteiger charge is 2.31. The number of aliphatic carboxylic acids is 1. The van der Waals surface area contributed by atoms with Crippen LogP contribution in [0.2, 0.25) is 0 Å². The first-order valence-electron chi connectivity index (χ1n) is 12.6. The van der Waals surface area contributed by atoms with Gasteiger partial charge >= 0.3 is 5.97 Å². The molecular formula is C31H26N2O6S. The summed E-state index contributed by atoms with van der Waals surface area (Å²) in [4.78, 5) is 49.0. The molecule has 202 valence electrons. The van der Waals surface area contributed by atoms with E-state index < -0.39 is 17.8 Å². The van der Waals surface area contributed by atoms with Crippen molar-refractivity contribution in [3.05, 3.63) is 102 Å². The monoisotopic (exact) mass is 554 g/mol. The number of ether oxygens (including phenoxy) is 1. The van der Waals surface area contributed by atoms with E-state index in [1.54, 1.807) is 36.2 Å². The van der Waals surface area contributed by atoms with Gasteiger partial charge in [0.15, 0.2) is 6.61 Å². The second-order valence-electron chi connectivity index (χ2n) is 9.55. The molecule has 1 unspecified atom stereocenters. The SMILES string of the molecule is CN(Cc1cccc(-c2ccc(CC3SC(=O)NC3=O)cc2)c1)C(=O)c1ccc2ccc(OCC(=O)O)cc2c1. The predicted octanol–water partition coefficient (Wildman–Crippen LogP) is 5.14. The van der Waals surface area contributed by atoms with E-state index in [-0.39, 0.29) is 17.1 Å². The fourth-order valence-corrected chi connectivity index (χ4v) is 5.44. The minimum atomic E-state index is -1.06. The average molecular weight is 555 g/mol. The van der Waals surface area contributed by atoms with Crippen molar-refractivity contribution in [2.24, 2.45) is 0 Å². The molecule has 40 heavy (non-hydrogen) atoms. The van der Waals surface area contributed by atoms with Gasteiger partial charge in [-0.25, -0.2) is 4.79 Å². The number of hydrogen-bond donors (Lipinski definition) is 2. The fourth-order valence-electron chi connectivity index (χ4n) is 4.58. The van der Waals surface area contributed by atoms with E-state index >= 15 is 0 Å². The zero-order chi connectivity index (χ0) is 28.2. The number of rotatable bonds is 9. The number of carboxylic acids is 1. The molecule has 4 aromatic rings. The van der Waals surface area contributed by atoms with Crippen molar-refractivity contribution in [3.63, 3.8) is 0 Å². The third-order valence-corrected chi connectivity index (χ3v) is 7.57. The Morgan fingerprint density at radius 1 is 0.900 bits per heavy atom. The summed E-state index contributed by atoms with van der Waals surface area (Å²) in [6.45, 7) is -0.0246. The Hall–Kier alpha value is -4.63.